The molecule has 5 nitrogen and oxygen atoms in total. The maximum Gasteiger partial charge on any atom is 0.245 e. The fourth-order valence-electron chi connectivity index (χ4n) is 2.84. The Bertz CT molecular complexity index is 682. The number of rotatable bonds is 3. The van der Waals surface area contributed by atoms with E-state index in [0.29, 0.717) is 21.3 Å². The minimum atomic E-state index is -1.49. The van der Waals surface area contributed by atoms with E-state index in [1.807, 2.05) is 0 Å². The zero-order valence-corrected chi connectivity index (χ0v) is 13.4. The molecule has 0 N–H and O–H groups in total. The third-order valence-electron chi connectivity index (χ3n) is 3.90. The summed E-state index contributed by atoms with van der Waals surface area (Å²) in [6, 6.07) is 5.03. The summed E-state index contributed by atoms with van der Waals surface area (Å²) in [6.07, 6.45) is 2.57. The van der Waals surface area contributed by atoms with Crippen LogP contribution in [-0.2, 0) is 19.1 Å². The van der Waals surface area contributed by atoms with Crippen LogP contribution in [0.2, 0.25) is 10.0 Å². The smallest absolute Gasteiger partial charge is 0.245 e. The number of oxime groups is 1. The molecule has 0 saturated carbocycles. The Balaban J connectivity index is 2.11. The van der Waals surface area contributed by atoms with E-state index < -0.39 is 17.8 Å². The normalized spacial score (nSPS) is 25.6. The summed E-state index contributed by atoms with van der Waals surface area (Å²) >= 11 is 12.2. The van der Waals surface area contributed by atoms with Crippen LogP contribution in [-0.4, -0.2) is 37.6 Å². The van der Waals surface area contributed by atoms with Crippen molar-refractivity contribution in [2.45, 2.75) is 11.9 Å². The van der Waals surface area contributed by atoms with Crippen LogP contribution >= 0.6 is 23.2 Å². The lowest BCUT2D eigenvalue weighted by atomic mass is 9.79. The van der Waals surface area contributed by atoms with Gasteiger partial charge in [0.05, 0.1) is 5.02 Å². The Kier molecular flexibility index (Phi) is 3.99. The Morgan fingerprint density at radius 2 is 2.00 bits per heavy atom. The van der Waals surface area contributed by atoms with Crippen LogP contribution in [0.1, 0.15) is 5.56 Å². The zero-order chi connectivity index (χ0) is 15.9. The van der Waals surface area contributed by atoms with E-state index in [4.69, 9.17) is 37.5 Å². The molecule has 22 heavy (non-hydrogen) atoms. The highest BCUT2D eigenvalue weighted by atomic mass is 35.5. The standard InChI is InChI=1S/C15H13Cl2NO4/c1-20-15(21-2)12(19)6-5-11-13(15)14(18-22-11)9-4-3-8(16)7-10(9)17/h3-7,11,13H,1-2H3. The number of ketones is 1. The Labute approximate surface area is 137 Å². The second-order valence-corrected chi connectivity index (χ2v) is 5.79. The summed E-state index contributed by atoms with van der Waals surface area (Å²) in [5.41, 5.74) is 1.12. The molecule has 2 aliphatic rings. The Morgan fingerprint density at radius 1 is 1.27 bits per heavy atom. The molecule has 0 fully saturated rings. The predicted octanol–water partition coefficient (Wildman–Crippen LogP) is 2.84. The molecule has 1 aliphatic heterocycles. The van der Waals surface area contributed by atoms with Gasteiger partial charge in [-0.2, -0.15) is 0 Å². The van der Waals surface area contributed by atoms with Gasteiger partial charge < -0.3 is 14.3 Å². The summed E-state index contributed by atoms with van der Waals surface area (Å²) in [4.78, 5) is 17.7. The van der Waals surface area contributed by atoms with Gasteiger partial charge in [-0.3, -0.25) is 4.79 Å². The molecule has 0 bridgehead atoms. The number of methoxy groups -OCH3 is 2. The van der Waals surface area contributed by atoms with Gasteiger partial charge in [0.1, 0.15) is 11.6 Å². The molecular weight excluding hydrogens is 329 g/mol. The number of halogens is 2. The maximum absolute atomic E-state index is 12.3. The van der Waals surface area contributed by atoms with E-state index in [-0.39, 0.29) is 5.78 Å². The molecule has 3 rings (SSSR count). The molecule has 0 amide bonds. The van der Waals surface area contributed by atoms with Crippen LogP contribution in [0.15, 0.2) is 35.5 Å². The van der Waals surface area contributed by atoms with Crippen molar-refractivity contribution in [3.63, 3.8) is 0 Å². The monoisotopic (exact) mass is 341 g/mol. The highest BCUT2D eigenvalue weighted by Gasteiger charge is 2.57. The highest BCUT2D eigenvalue weighted by molar-refractivity contribution is 6.37. The second kappa shape index (κ2) is 5.66. The van der Waals surface area contributed by atoms with Gasteiger partial charge in [-0.1, -0.05) is 34.4 Å². The van der Waals surface area contributed by atoms with Crippen LogP contribution in [0.3, 0.4) is 0 Å². The first-order valence-electron chi connectivity index (χ1n) is 6.55. The largest absolute Gasteiger partial charge is 0.387 e. The molecule has 2 atom stereocenters. The first-order valence-corrected chi connectivity index (χ1v) is 7.31. The number of benzene rings is 1. The van der Waals surface area contributed by atoms with E-state index >= 15 is 0 Å². The quantitative estimate of drug-likeness (QED) is 0.793. The molecule has 1 aromatic rings. The van der Waals surface area contributed by atoms with Crippen LogP contribution in [0.25, 0.3) is 0 Å². The lowest BCUT2D eigenvalue weighted by Crippen LogP contribution is -2.56. The fourth-order valence-corrected chi connectivity index (χ4v) is 3.34. The number of fused-ring (bicyclic) bond motifs is 1. The first kappa shape index (κ1) is 15.5. The van der Waals surface area contributed by atoms with Gasteiger partial charge in [0, 0.05) is 24.8 Å². The van der Waals surface area contributed by atoms with Crippen molar-refractivity contribution in [3.8, 4) is 0 Å². The van der Waals surface area contributed by atoms with Gasteiger partial charge in [0.15, 0.2) is 6.10 Å². The van der Waals surface area contributed by atoms with E-state index in [1.54, 1.807) is 24.3 Å². The minimum Gasteiger partial charge on any atom is -0.387 e. The molecule has 7 heteroatoms. The maximum atomic E-state index is 12.3. The van der Waals surface area contributed by atoms with Gasteiger partial charge in [0.25, 0.3) is 0 Å². The first-order chi connectivity index (χ1) is 10.5. The van der Waals surface area contributed by atoms with Crippen molar-refractivity contribution >= 4 is 34.7 Å². The molecule has 0 radical (unpaired) electrons. The number of hydrogen-bond donors (Lipinski definition) is 0. The van der Waals surface area contributed by atoms with Crippen molar-refractivity contribution < 1.29 is 19.1 Å². The van der Waals surface area contributed by atoms with E-state index in [0.717, 1.165) is 0 Å². The average Bonchev–Trinajstić information content (AvgIpc) is 2.92. The SMILES string of the molecule is COC1(OC)C(=O)C=CC2ON=C(c3ccc(Cl)cc3Cl)C21. The van der Waals surface area contributed by atoms with E-state index in [9.17, 15) is 4.79 Å². The lowest BCUT2D eigenvalue weighted by Gasteiger charge is -2.37. The van der Waals surface area contributed by atoms with Gasteiger partial charge in [0.2, 0.25) is 11.6 Å². The van der Waals surface area contributed by atoms with Crippen LogP contribution < -0.4 is 0 Å². The van der Waals surface area contributed by atoms with Crippen LogP contribution in [0.5, 0.6) is 0 Å². The van der Waals surface area contributed by atoms with Crippen molar-refractivity contribution in [3.05, 3.63) is 46.0 Å². The highest BCUT2D eigenvalue weighted by Crippen LogP contribution is 2.40. The molecule has 1 aliphatic carbocycles. The number of ether oxygens (including phenoxy) is 2. The number of hydrogen-bond acceptors (Lipinski definition) is 5. The topological polar surface area (TPSA) is 57.1 Å². The lowest BCUT2D eigenvalue weighted by molar-refractivity contribution is -0.225. The van der Waals surface area contributed by atoms with Crippen molar-refractivity contribution in [2.24, 2.45) is 11.1 Å². The molecule has 116 valence electrons. The number of carbonyl (C=O) groups is 1. The van der Waals surface area contributed by atoms with Gasteiger partial charge in [-0.25, -0.2) is 0 Å². The number of nitrogens with zero attached hydrogens (tertiary/aromatic N) is 1. The summed E-state index contributed by atoms with van der Waals surface area (Å²) in [5.74, 6) is -2.35. The van der Waals surface area contributed by atoms with Crippen molar-refractivity contribution in [1.82, 2.24) is 0 Å². The van der Waals surface area contributed by atoms with Gasteiger partial charge in [-0.15, -0.1) is 0 Å². The fraction of sp³-hybridized carbons (Fsp3) is 0.333. The molecule has 2 unspecified atom stereocenters. The second-order valence-electron chi connectivity index (χ2n) is 4.95. The van der Waals surface area contributed by atoms with E-state index in [1.165, 1.54) is 20.3 Å². The van der Waals surface area contributed by atoms with Crippen LogP contribution in [0, 0.1) is 5.92 Å². The average molecular weight is 342 g/mol. The van der Waals surface area contributed by atoms with E-state index in [2.05, 4.69) is 5.16 Å². The summed E-state index contributed by atoms with van der Waals surface area (Å²) in [5, 5.41) is 5.02. The molecular formula is C15H13Cl2NO4. The molecule has 0 spiro atoms. The molecule has 0 saturated heterocycles. The van der Waals surface area contributed by atoms with Crippen LogP contribution in [0.4, 0.5) is 0 Å². The summed E-state index contributed by atoms with van der Waals surface area (Å²) in [6.45, 7) is 0. The third-order valence-corrected chi connectivity index (χ3v) is 4.45. The predicted molar refractivity (Wildman–Crippen MR) is 82.3 cm³/mol. The van der Waals surface area contributed by atoms with Gasteiger partial charge in [-0.05, 0) is 24.3 Å². The van der Waals surface area contributed by atoms with Crippen molar-refractivity contribution in [1.29, 1.82) is 0 Å². The molecule has 1 heterocycles. The number of carbonyl (C=O) groups excluding carboxylic acids is 1. The van der Waals surface area contributed by atoms with Gasteiger partial charge >= 0.3 is 0 Å². The Hall–Kier alpha value is -1.40. The van der Waals surface area contributed by atoms with Crippen molar-refractivity contribution in [2.75, 3.05) is 14.2 Å². The third kappa shape index (κ3) is 2.16. The molecule has 0 aromatic heterocycles. The molecule has 1 aromatic carbocycles. The zero-order valence-electron chi connectivity index (χ0n) is 11.9. The minimum absolute atomic E-state index is 0.304. The summed E-state index contributed by atoms with van der Waals surface area (Å²) < 4.78 is 10.8. The Morgan fingerprint density at radius 3 is 2.64 bits per heavy atom. The summed E-state index contributed by atoms with van der Waals surface area (Å²) in [7, 11) is 2.83.